The van der Waals surface area contributed by atoms with E-state index in [1.807, 2.05) is 29.7 Å². The van der Waals surface area contributed by atoms with Crippen molar-refractivity contribution in [1.29, 1.82) is 0 Å². The van der Waals surface area contributed by atoms with Gasteiger partial charge in [0.05, 0.1) is 6.20 Å². The molecule has 0 aliphatic rings. The predicted octanol–water partition coefficient (Wildman–Crippen LogP) is 3.41. The highest BCUT2D eigenvalue weighted by atomic mass is 35.5. The topological polar surface area (TPSA) is 43.1 Å². The van der Waals surface area contributed by atoms with Gasteiger partial charge in [-0.15, -0.1) is 0 Å². The van der Waals surface area contributed by atoms with E-state index in [0.29, 0.717) is 16.1 Å². The smallest absolute Gasteiger partial charge is 0.181 e. The van der Waals surface area contributed by atoms with Gasteiger partial charge in [-0.3, -0.25) is 4.40 Å². The molecule has 0 bridgehead atoms. The third-order valence-electron chi connectivity index (χ3n) is 2.55. The number of pyridine rings is 1. The fourth-order valence-corrected chi connectivity index (χ4v) is 2.18. The quantitative estimate of drug-likeness (QED) is 0.641. The summed E-state index contributed by atoms with van der Waals surface area (Å²) in [7, 11) is 0. The van der Waals surface area contributed by atoms with Crippen LogP contribution in [0.2, 0.25) is 10.3 Å². The SMILES string of the molecule is Cc1ccc2ncc(-c3nc(Cl)cc(Cl)n3)n2c1. The van der Waals surface area contributed by atoms with Gasteiger partial charge in [0.25, 0.3) is 0 Å². The minimum atomic E-state index is 0.313. The molecular formula is C12H8Cl2N4. The molecule has 3 aromatic rings. The highest BCUT2D eigenvalue weighted by Gasteiger charge is 2.10. The van der Waals surface area contributed by atoms with E-state index in [9.17, 15) is 0 Å². The van der Waals surface area contributed by atoms with Crippen LogP contribution >= 0.6 is 23.2 Å². The fraction of sp³-hybridized carbons (Fsp3) is 0.0833. The summed E-state index contributed by atoms with van der Waals surface area (Å²) in [6.07, 6.45) is 3.67. The van der Waals surface area contributed by atoms with Gasteiger partial charge in [0.2, 0.25) is 0 Å². The molecule has 0 spiro atoms. The van der Waals surface area contributed by atoms with E-state index >= 15 is 0 Å². The summed E-state index contributed by atoms with van der Waals surface area (Å²) in [4.78, 5) is 12.6. The van der Waals surface area contributed by atoms with Gasteiger partial charge in [0.1, 0.15) is 21.6 Å². The standard InChI is InChI=1S/C12H8Cl2N4/c1-7-2-3-11-15-5-8(18(11)6-7)12-16-9(13)4-10(14)17-12/h2-6H,1H3. The van der Waals surface area contributed by atoms with Crippen LogP contribution in [0.25, 0.3) is 17.2 Å². The molecule has 0 saturated carbocycles. The van der Waals surface area contributed by atoms with Crippen LogP contribution in [-0.2, 0) is 0 Å². The van der Waals surface area contributed by atoms with Gasteiger partial charge in [-0.2, -0.15) is 0 Å². The van der Waals surface area contributed by atoms with Gasteiger partial charge in [-0.25, -0.2) is 15.0 Å². The minimum absolute atomic E-state index is 0.313. The van der Waals surface area contributed by atoms with E-state index in [1.165, 1.54) is 6.07 Å². The van der Waals surface area contributed by atoms with Gasteiger partial charge in [0, 0.05) is 12.3 Å². The first kappa shape index (κ1) is 11.4. The van der Waals surface area contributed by atoms with Crippen LogP contribution in [0, 0.1) is 6.92 Å². The van der Waals surface area contributed by atoms with Crippen molar-refractivity contribution in [2.75, 3.05) is 0 Å². The van der Waals surface area contributed by atoms with Crippen LogP contribution < -0.4 is 0 Å². The van der Waals surface area contributed by atoms with Crippen LogP contribution in [0.15, 0.2) is 30.6 Å². The van der Waals surface area contributed by atoms with Crippen molar-refractivity contribution in [3.8, 4) is 11.5 Å². The number of imidazole rings is 1. The fourth-order valence-electron chi connectivity index (χ4n) is 1.76. The molecule has 3 heterocycles. The number of aryl methyl sites for hydroxylation is 1. The summed E-state index contributed by atoms with van der Waals surface area (Å²) >= 11 is 11.8. The average Bonchev–Trinajstić information content (AvgIpc) is 2.70. The summed E-state index contributed by atoms with van der Waals surface area (Å²) in [5.41, 5.74) is 2.71. The Hall–Kier alpha value is -1.65. The van der Waals surface area contributed by atoms with Crippen molar-refractivity contribution in [3.05, 3.63) is 46.5 Å². The molecule has 0 radical (unpaired) electrons. The number of fused-ring (bicyclic) bond motifs is 1. The minimum Gasteiger partial charge on any atom is -0.297 e. The van der Waals surface area contributed by atoms with E-state index < -0.39 is 0 Å². The van der Waals surface area contributed by atoms with E-state index in [1.54, 1.807) is 6.20 Å². The largest absolute Gasteiger partial charge is 0.297 e. The first-order valence-electron chi connectivity index (χ1n) is 5.27. The highest BCUT2D eigenvalue weighted by molar-refractivity contribution is 6.33. The number of aromatic nitrogens is 4. The Balaban J connectivity index is 2.27. The van der Waals surface area contributed by atoms with Crippen molar-refractivity contribution >= 4 is 28.8 Å². The molecule has 0 aliphatic heterocycles. The van der Waals surface area contributed by atoms with Crippen molar-refractivity contribution in [3.63, 3.8) is 0 Å². The van der Waals surface area contributed by atoms with Crippen molar-refractivity contribution < 1.29 is 0 Å². The zero-order valence-corrected chi connectivity index (χ0v) is 10.9. The van der Waals surface area contributed by atoms with Crippen LogP contribution in [0.3, 0.4) is 0 Å². The molecule has 0 aromatic carbocycles. The Morgan fingerprint density at radius 1 is 1.11 bits per heavy atom. The second-order valence-corrected chi connectivity index (χ2v) is 4.69. The van der Waals surface area contributed by atoms with Crippen molar-refractivity contribution in [1.82, 2.24) is 19.4 Å². The van der Waals surface area contributed by atoms with Gasteiger partial charge >= 0.3 is 0 Å². The highest BCUT2D eigenvalue weighted by Crippen LogP contribution is 2.21. The van der Waals surface area contributed by atoms with Gasteiger partial charge in [0.15, 0.2) is 5.82 Å². The monoisotopic (exact) mass is 278 g/mol. The first-order valence-corrected chi connectivity index (χ1v) is 6.03. The molecule has 3 rings (SSSR count). The normalized spacial score (nSPS) is 11.1. The molecule has 0 fully saturated rings. The second kappa shape index (κ2) is 4.23. The molecule has 3 aromatic heterocycles. The van der Waals surface area contributed by atoms with Gasteiger partial charge in [-0.05, 0) is 18.6 Å². The molecule has 6 heteroatoms. The van der Waals surface area contributed by atoms with Crippen LogP contribution in [-0.4, -0.2) is 19.4 Å². The van der Waals surface area contributed by atoms with Crippen molar-refractivity contribution in [2.24, 2.45) is 0 Å². The lowest BCUT2D eigenvalue weighted by Gasteiger charge is -2.02. The molecule has 0 aliphatic carbocycles. The maximum absolute atomic E-state index is 5.88. The summed E-state index contributed by atoms with van der Waals surface area (Å²) in [5, 5.41) is 0.625. The summed E-state index contributed by atoms with van der Waals surface area (Å²) in [5.74, 6) is 0.464. The molecule has 0 N–H and O–H groups in total. The molecule has 90 valence electrons. The lowest BCUT2D eigenvalue weighted by atomic mass is 10.3. The van der Waals surface area contributed by atoms with Gasteiger partial charge < -0.3 is 0 Å². The predicted molar refractivity (Wildman–Crippen MR) is 71.0 cm³/mol. The Kier molecular flexibility index (Phi) is 2.69. The van der Waals surface area contributed by atoms with Crippen LogP contribution in [0.4, 0.5) is 0 Å². The second-order valence-electron chi connectivity index (χ2n) is 3.92. The molecule has 18 heavy (non-hydrogen) atoms. The molecule has 0 unspecified atom stereocenters. The summed E-state index contributed by atoms with van der Waals surface area (Å²) < 4.78 is 1.91. The molecular weight excluding hydrogens is 271 g/mol. The Bertz CT molecular complexity index is 716. The number of rotatable bonds is 1. The van der Waals surface area contributed by atoms with Crippen LogP contribution in [0.5, 0.6) is 0 Å². The number of hydrogen-bond acceptors (Lipinski definition) is 3. The van der Waals surface area contributed by atoms with E-state index in [2.05, 4.69) is 15.0 Å². The summed E-state index contributed by atoms with van der Waals surface area (Å²) in [6, 6.07) is 5.43. The Labute approximate surface area is 113 Å². The number of hydrogen-bond donors (Lipinski definition) is 0. The molecule has 0 saturated heterocycles. The molecule has 0 amide bonds. The zero-order valence-electron chi connectivity index (χ0n) is 9.43. The zero-order chi connectivity index (χ0) is 12.7. The lowest BCUT2D eigenvalue weighted by Crippen LogP contribution is -1.95. The number of halogens is 2. The summed E-state index contributed by atoms with van der Waals surface area (Å²) in [6.45, 7) is 2.01. The van der Waals surface area contributed by atoms with Gasteiger partial charge in [-0.1, -0.05) is 29.3 Å². The van der Waals surface area contributed by atoms with E-state index in [-0.39, 0.29) is 0 Å². The third kappa shape index (κ3) is 1.94. The molecule has 4 nitrogen and oxygen atoms in total. The van der Waals surface area contributed by atoms with Crippen molar-refractivity contribution in [2.45, 2.75) is 6.92 Å². The Morgan fingerprint density at radius 2 is 1.83 bits per heavy atom. The van der Waals surface area contributed by atoms with E-state index in [4.69, 9.17) is 23.2 Å². The third-order valence-corrected chi connectivity index (χ3v) is 2.93. The van der Waals surface area contributed by atoms with E-state index in [0.717, 1.165) is 16.9 Å². The Morgan fingerprint density at radius 3 is 2.56 bits per heavy atom. The average molecular weight is 279 g/mol. The first-order chi connectivity index (χ1) is 8.63. The number of nitrogens with zero attached hydrogens (tertiary/aromatic N) is 4. The molecule has 0 atom stereocenters. The maximum atomic E-state index is 5.88. The van der Waals surface area contributed by atoms with Crippen LogP contribution in [0.1, 0.15) is 5.56 Å². The lowest BCUT2D eigenvalue weighted by molar-refractivity contribution is 1.10. The maximum Gasteiger partial charge on any atom is 0.181 e.